The van der Waals surface area contributed by atoms with Crippen LogP contribution in [0.4, 0.5) is 4.39 Å². The van der Waals surface area contributed by atoms with Gasteiger partial charge < -0.3 is 15.1 Å². The predicted octanol–water partition coefficient (Wildman–Crippen LogP) is 4.52. The molecule has 0 bridgehead atoms. The van der Waals surface area contributed by atoms with E-state index in [9.17, 15) is 19.4 Å². The lowest BCUT2D eigenvalue weighted by molar-refractivity contribution is -0.141. The fourth-order valence-corrected chi connectivity index (χ4v) is 6.29. The molecule has 30 heavy (non-hydrogen) atoms. The molecule has 0 radical (unpaired) electrons. The third-order valence-corrected chi connectivity index (χ3v) is 7.52. The van der Waals surface area contributed by atoms with E-state index in [1.54, 1.807) is 36.4 Å². The highest BCUT2D eigenvalue weighted by atomic mass is 79.9. The van der Waals surface area contributed by atoms with Crippen LogP contribution >= 0.6 is 40.3 Å². The summed E-state index contributed by atoms with van der Waals surface area (Å²) in [5.41, 5.74) is 0.998. The van der Waals surface area contributed by atoms with Gasteiger partial charge in [0.25, 0.3) is 0 Å². The van der Waals surface area contributed by atoms with Crippen LogP contribution in [0, 0.1) is 5.82 Å². The maximum absolute atomic E-state index is 13.7. The van der Waals surface area contributed by atoms with Crippen LogP contribution in [0.1, 0.15) is 35.6 Å². The minimum atomic E-state index is -1.51. The van der Waals surface area contributed by atoms with Gasteiger partial charge in [0.15, 0.2) is 10.9 Å². The van der Waals surface area contributed by atoms with Crippen molar-refractivity contribution >= 4 is 51.5 Å². The van der Waals surface area contributed by atoms with Gasteiger partial charge in [-0.15, -0.1) is 17.0 Å². The number of thioether (sulfide) groups is 1. The van der Waals surface area contributed by atoms with Crippen LogP contribution in [-0.4, -0.2) is 37.5 Å². The van der Waals surface area contributed by atoms with Crippen molar-refractivity contribution in [3.8, 4) is 0 Å². The summed E-state index contributed by atoms with van der Waals surface area (Å²) < 4.78 is 13.7. The Morgan fingerprint density at radius 3 is 2.73 bits per heavy atom. The second-order valence-corrected chi connectivity index (χ2v) is 9.22. The van der Waals surface area contributed by atoms with Gasteiger partial charge in [0, 0.05) is 10.6 Å². The highest BCUT2D eigenvalue weighted by molar-refractivity contribution is 8.93. The molecule has 1 aliphatic carbocycles. The normalized spacial score (nSPS) is 28.8. The Hall–Kier alpha value is -1.61. The van der Waals surface area contributed by atoms with E-state index in [2.05, 4.69) is 0 Å². The van der Waals surface area contributed by atoms with Gasteiger partial charge in [-0.25, -0.2) is 4.39 Å². The highest BCUT2D eigenvalue weighted by Gasteiger charge is 2.59. The number of carboxylic acid groups (broad SMARTS) is 1. The van der Waals surface area contributed by atoms with E-state index in [4.69, 9.17) is 16.6 Å². The molecule has 5 rings (SSSR count). The smallest absolute Gasteiger partial charge is 0.304 e. The number of carbonyl (C=O) groups is 1. The quantitative estimate of drug-likeness (QED) is 0.631. The van der Waals surface area contributed by atoms with Gasteiger partial charge in [-0.05, 0) is 48.2 Å². The van der Waals surface area contributed by atoms with Crippen molar-refractivity contribution in [2.75, 3.05) is 0 Å². The molecule has 5 nitrogen and oxygen atoms in total. The number of amidine groups is 1. The lowest BCUT2D eigenvalue weighted by Crippen LogP contribution is -2.53. The summed E-state index contributed by atoms with van der Waals surface area (Å²) in [6.07, 6.45) is 1.18. The fraction of sp³-hybridized carbons (Fsp3) is 0.333. The molecule has 0 spiro atoms. The number of nitrogens with zero attached hydrogens (tertiary/aromatic N) is 2. The second-order valence-electron chi connectivity index (χ2n) is 7.61. The van der Waals surface area contributed by atoms with Crippen LogP contribution in [0.2, 0.25) is 5.02 Å². The molecule has 0 aromatic heterocycles. The van der Waals surface area contributed by atoms with Gasteiger partial charge in [-0.1, -0.05) is 41.6 Å². The number of aryl methyl sites for hydroxylation is 1. The van der Waals surface area contributed by atoms with Gasteiger partial charge in [0.2, 0.25) is 0 Å². The van der Waals surface area contributed by atoms with Crippen LogP contribution in [0.5, 0.6) is 0 Å². The number of benzene rings is 2. The van der Waals surface area contributed by atoms with E-state index in [1.807, 2.05) is 4.90 Å². The zero-order chi connectivity index (χ0) is 20.3. The van der Waals surface area contributed by atoms with E-state index >= 15 is 0 Å². The van der Waals surface area contributed by atoms with E-state index in [0.29, 0.717) is 28.6 Å². The number of hydrogen-bond donors (Lipinski definition) is 2. The Bertz CT molecular complexity index is 1040. The average molecular weight is 514 g/mol. The topological polar surface area (TPSA) is 73.1 Å². The molecule has 0 saturated carbocycles. The van der Waals surface area contributed by atoms with Crippen molar-refractivity contribution in [3.05, 3.63) is 70.0 Å². The zero-order valence-corrected chi connectivity index (χ0v) is 18.9. The number of carboxylic acids is 1. The van der Waals surface area contributed by atoms with Crippen LogP contribution in [0.15, 0.2) is 47.5 Å². The lowest BCUT2D eigenvalue weighted by Gasteiger charge is -2.42. The number of hydrogen-bond acceptors (Lipinski definition) is 5. The largest absolute Gasteiger partial charge is 0.481 e. The van der Waals surface area contributed by atoms with Crippen molar-refractivity contribution in [2.45, 2.75) is 42.3 Å². The molecule has 3 aliphatic rings. The Morgan fingerprint density at radius 1 is 1.30 bits per heavy atom. The number of aliphatic imine (C=N–C) groups is 1. The minimum Gasteiger partial charge on any atom is -0.481 e. The number of fused-ring (bicyclic) bond motifs is 5. The van der Waals surface area contributed by atoms with Crippen molar-refractivity contribution in [1.82, 2.24) is 4.90 Å². The van der Waals surface area contributed by atoms with Crippen LogP contribution in [-0.2, 0) is 16.9 Å². The Kier molecular flexibility index (Phi) is 5.63. The maximum Gasteiger partial charge on any atom is 0.304 e. The Balaban J connectivity index is 0.00000218. The van der Waals surface area contributed by atoms with Gasteiger partial charge in [-0.2, -0.15) is 0 Å². The molecular weight excluding hydrogens is 495 g/mol. The first-order valence-electron chi connectivity index (χ1n) is 9.40. The summed E-state index contributed by atoms with van der Waals surface area (Å²) in [5, 5.41) is 21.9. The summed E-state index contributed by atoms with van der Waals surface area (Å²) in [6.45, 7) is 0. The summed E-state index contributed by atoms with van der Waals surface area (Å²) in [6, 6.07) is 11.3. The molecule has 158 valence electrons. The van der Waals surface area contributed by atoms with Crippen molar-refractivity contribution in [3.63, 3.8) is 0 Å². The monoisotopic (exact) mass is 512 g/mol. The molecule has 2 aromatic rings. The molecule has 4 atom stereocenters. The molecule has 2 unspecified atom stereocenters. The standard InChI is InChI=1S/C21H18ClFN2O3S.BrH/c22-13-4-2-12(3-5-13)21(28)17(10-18(26)27)29-20-24-19-15-7-6-14(23)9-11(15)1-8-16(19)25(20)21;/h2-7,9,16-17,19,28H,1,8,10H2,(H,26,27);1H/t16?,17-,19?,21+;/m0./s1. The Morgan fingerprint density at radius 2 is 2.03 bits per heavy atom. The first-order chi connectivity index (χ1) is 13.9. The molecule has 9 heteroatoms. The van der Waals surface area contributed by atoms with Crippen LogP contribution in [0.3, 0.4) is 0 Å². The first kappa shape index (κ1) is 21.6. The zero-order valence-electron chi connectivity index (χ0n) is 15.7. The first-order valence-corrected chi connectivity index (χ1v) is 10.7. The molecule has 1 saturated heterocycles. The minimum absolute atomic E-state index is 0. The van der Waals surface area contributed by atoms with Crippen molar-refractivity contribution in [2.24, 2.45) is 4.99 Å². The lowest BCUT2D eigenvalue weighted by atomic mass is 9.82. The van der Waals surface area contributed by atoms with Gasteiger partial charge in [-0.3, -0.25) is 9.79 Å². The molecule has 2 N–H and O–H groups in total. The van der Waals surface area contributed by atoms with E-state index < -0.39 is 16.9 Å². The van der Waals surface area contributed by atoms with Crippen LogP contribution < -0.4 is 0 Å². The number of rotatable bonds is 3. The van der Waals surface area contributed by atoms with Gasteiger partial charge >= 0.3 is 5.97 Å². The maximum atomic E-state index is 13.7. The summed E-state index contributed by atoms with van der Waals surface area (Å²) in [7, 11) is 0. The molecule has 2 aliphatic heterocycles. The van der Waals surface area contributed by atoms with Gasteiger partial charge in [0.1, 0.15) is 5.82 Å². The van der Waals surface area contributed by atoms with Crippen LogP contribution in [0.25, 0.3) is 0 Å². The molecule has 0 amide bonds. The third-order valence-electron chi connectivity index (χ3n) is 5.98. The molecular formula is C21H19BrClFN2O3S. The van der Waals surface area contributed by atoms with Crippen molar-refractivity contribution < 1.29 is 19.4 Å². The third kappa shape index (κ3) is 3.25. The predicted molar refractivity (Wildman–Crippen MR) is 120 cm³/mol. The molecule has 1 fully saturated rings. The molecule has 2 heterocycles. The SMILES string of the molecule is Br.O=C(O)C[C@@H]1SC2=NC3c4ccc(F)cc4CCC3N2[C@@]1(O)c1ccc(Cl)cc1. The fourth-order valence-electron chi connectivity index (χ4n) is 4.71. The van der Waals surface area contributed by atoms with E-state index in [1.165, 1.54) is 17.8 Å². The van der Waals surface area contributed by atoms with Crippen molar-refractivity contribution in [1.29, 1.82) is 0 Å². The van der Waals surface area contributed by atoms with E-state index in [-0.39, 0.29) is 41.3 Å². The number of aliphatic hydroxyl groups is 1. The van der Waals surface area contributed by atoms with E-state index in [0.717, 1.165) is 11.1 Å². The van der Waals surface area contributed by atoms with Gasteiger partial charge in [0.05, 0.1) is 23.8 Å². The summed E-state index contributed by atoms with van der Waals surface area (Å²) >= 11 is 7.32. The number of aliphatic carboxylic acids is 1. The molecule has 2 aromatic carbocycles. The number of halogens is 3. The summed E-state index contributed by atoms with van der Waals surface area (Å²) in [4.78, 5) is 18.2. The average Bonchev–Trinajstić information content (AvgIpc) is 3.17. The highest BCUT2D eigenvalue weighted by Crippen LogP contribution is 2.55. The Labute approximate surface area is 192 Å². The summed E-state index contributed by atoms with van der Waals surface area (Å²) in [5.74, 6) is -1.24. The second kappa shape index (κ2) is 7.82.